The van der Waals surface area contributed by atoms with Gasteiger partial charge in [-0.15, -0.1) is 0 Å². The molecule has 0 aliphatic carbocycles. The van der Waals surface area contributed by atoms with E-state index in [-0.39, 0.29) is 10.9 Å². The van der Waals surface area contributed by atoms with Crippen molar-refractivity contribution in [3.63, 3.8) is 0 Å². The van der Waals surface area contributed by atoms with Crippen LogP contribution in [0.3, 0.4) is 0 Å². The smallest absolute Gasteiger partial charge is 0.253 e. The summed E-state index contributed by atoms with van der Waals surface area (Å²) in [5.74, 6) is -0.543. The molecule has 1 saturated heterocycles. The van der Waals surface area contributed by atoms with E-state index in [0.717, 1.165) is 25.9 Å². The summed E-state index contributed by atoms with van der Waals surface area (Å²) in [6.45, 7) is 1.57. The predicted molar refractivity (Wildman–Crippen MR) is 61.2 cm³/mol. The molecule has 0 unspecified atom stereocenters. The molecule has 1 heterocycles. The number of benzene rings is 1. The van der Waals surface area contributed by atoms with Gasteiger partial charge in [-0.3, -0.25) is 4.79 Å². The van der Waals surface area contributed by atoms with E-state index < -0.39 is 5.82 Å². The quantitative estimate of drug-likeness (QED) is 0.740. The highest BCUT2D eigenvalue weighted by atomic mass is 35.5. The topological polar surface area (TPSA) is 20.3 Å². The number of likely N-dealkylation sites (tertiary alicyclic amines) is 1. The summed E-state index contributed by atoms with van der Waals surface area (Å²) in [5.41, 5.74) is 0.466. The molecule has 2 rings (SSSR count). The zero-order valence-corrected chi connectivity index (χ0v) is 9.63. The molecule has 0 atom stereocenters. The fourth-order valence-corrected chi connectivity index (χ4v) is 2.09. The summed E-state index contributed by atoms with van der Waals surface area (Å²) < 4.78 is 12.9. The minimum atomic E-state index is -0.489. The first-order chi connectivity index (χ1) is 7.68. The lowest BCUT2D eigenvalue weighted by Crippen LogP contribution is -2.35. The van der Waals surface area contributed by atoms with Gasteiger partial charge in [0.2, 0.25) is 0 Å². The third-order valence-corrected chi connectivity index (χ3v) is 3.10. The van der Waals surface area contributed by atoms with Gasteiger partial charge < -0.3 is 4.90 Å². The lowest BCUT2D eigenvalue weighted by Gasteiger charge is -2.26. The fourth-order valence-electron chi connectivity index (χ4n) is 1.91. The highest BCUT2D eigenvalue weighted by molar-refractivity contribution is 6.31. The molecule has 1 aromatic carbocycles. The monoisotopic (exact) mass is 241 g/mol. The maximum atomic E-state index is 12.9. The van der Waals surface area contributed by atoms with E-state index in [1.165, 1.54) is 24.6 Å². The van der Waals surface area contributed by atoms with Crippen LogP contribution in [-0.2, 0) is 0 Å². The summed E-state index contributed by atoms with van der Waals surface area (Å²) in [5, 5.41) is 0.00265. The van der Waals surface area contributed by atoms with E-state index in [1.807, 2.05) is 0 Å². The molecule has 1 aliphatic rings. The molecule has 4 heteroatoms. The Bertz CT molecular complexity index is 402. The Balaban J connectivity index is 2.16. The van der Waals surface area contributed by atoms with E-state index in [0.29, 0.717) is 5.56 Å². The number of carbonyl (C=O) groups is 1. The minimum absolute atomic E-state index is 0.00265. The molecule has 2 nitrogen and oxygen atoms in total. The second-order valence-electron chi connectivity index (χ2n) is 3.98. The third-order valence-electron chi connectivity index (χ3n) is 2.81. The second-order valence-corrected chi connectivity index (χ2v) is 4.39. The molecule has 1 aliphatic heterocycles. The van der Waals surface area contributed by atoms with Gasteiger partial charge in [-0.2, -0.15) is 0 Å². The van der Waals surface area contributed by atoms with E-state index >= 15 is 0 Å². The van der Waals surface area contributed by atoms with Crippen molar-refractivity contribution in [1.82, 2.24) is 4.90 Å². The van der Waals surface area contributed by atoms with E-state index in [1.54, 1.807) is 4.90 Å². The fraction of sp³-hybridized carbons (Fsp3) is 0.417. The Morgan fingerprint density at radius 3 is 2.56 bits per heavy atom. The number of amides is 1. The van der Waals surface area contributed by atoms with Crippen LogP contribution in [0.15, 0.2) is 18.2 Å². The average Bonchev–Trinajstić information content (AvgIpc) is 2.33. The maximum absolute atomic E-state index is 12.9. The van der Waals surface area contributed by atoms with Gasteiger partial charge in [0.25, 0.3) is 5.91 Å². The van der Waals surface area contributed by atoms with Crippen molar-refractivity contribution in [3.05, 3.63) is 34.6 Å². The summed E-state index contributed by atoms with van der Waals surface area (Å²) in [6, 6.07) is 4.12. The van der Waals surface area contributed by atoms with Gasteiger partial charge in [0.15, 0.2) is 0 Å². The van der Waals surface area contributed by atoms with Crippen molar-refractivity contribution in [2.24, 2.45) is 0 Å². The zero-order valence-electron chi connectivity index (χ0n) is 8.88. The number of halogens is 2. The van der Waals surface area contributed by atoms with Gasteiger partial charge in [-0.1, -0.05) is 11.6 Å². The maximum Gasteiger partial charge on any atom is 0.253 e. The number of carbonyl (C=O) groups excluding carboxylic acids is 1. The van der Waals surface area contributed by atoms with Crippen molar-refractivity contribution in [3.8, 4) is 0 Å². The van der Waals surface area contributed by atoms with Gasteiger partial charge in [0, 0.05) is 18.7 Å². The summed E-state index contributed by atoms with van der Waals surface area (Å²) in [6.07, 6.45) is 3.26. The molecule has 0 N–H and O–H groups in total. The Morgan fingerprint density at radius 2 is 1.94 bits per heavy atom. The molecule has 0 spiro atoms. The van der Waals surface area contributed by atoms with Crippen LogP contribution < -0.4 is 0 Å². The van der Waals surface area contributed by atoms with Crippen LogP contribution in [0.4, 0.5) is 4.39 Å². The standard InChI is InChI=1S/C12H13ClFNO/c13-10-8-9(4-5-11(10)14)12(16)15-6-2-1-3-7-15/h4-5,8H,1-3,6-7H2. The molecule has 1 aromatic rings. The van der Waals surface area contributed by atoms with E-state index in [2.05, 4.69) is 0 Å². The number of hydrogen-bond donors (Lipinski definition) is 0. The first-order valence-electron chi connectivity index (χ1n) is 5.43. The average molecular weight is 242 g/mol. The molecule has 1 amide bonds. The van der Waals surface area contributed by atoms with Crippen molar-refractivity contribution in [1.29, 1.82) is 0 Å². The molecule has 0 aromatic heterocycles. The highest BCUT2D eigenvalue weighted by Gasteiger charge is 2.18. The largest absolute Gasteiger partial charge is 0.339 e. The van der Waals surface area contributed by atoms with Gasteiger partial charge >= 0.3 is 0 Å². The zero-order chi connectivity index (χ0) is 11.5. The molecule has 0 saturated carbocycles. The van der Waals surface area contributed by atoms with Crippen molar-refractivity contribution < 1.29 is 9.18 Å². The minimum Gasteiger partial charge on any atom is -0.339 e. The van der Waals surface area contributed by atoms with Gasteiger partial charge in [-0.05, 0) is 37.5 Å². The van der Waals surface area contributed by atoms with Crippen LogP contribution >= 0.6 is 11.6 Å². The lowest BCUT2D eigenvalue weighted by molar-refractivity contribution is 0.0724. The first-order valence-corrected chi connectivity index (χ1v) is 5.80. The molecule has 86 valence electrons. The molecule has 0 radical (unpaired) electrons. The Morgan fingerprint density at radius 1 is 1.25 bits per heavy atom. The van der Waals surface area contributed by atoms with Crippen LogP contribution in [0.25, 0.3) is 0 Å². The number of hydrogen-bond acceptors (Lipinski definition) is 1. The second kappa shape index (κ2) is 4.83. The van der Waals surface area contributed by atoms with Crippen LogP contribution in [0.2, 0.25) is 5.02 Å². The predicted octanol–water partition coefficient (Wildman–Crippen LogP) is 3.11. The SMILES string of the molecule is O=C(c1ccc(F)c(Cl)c1)N1CCCCC1. The van der Waals surface area contributed by atoms with Crippen LogP contribution in [0.5, 0.6) is 0 Å². The highest BCUT2D eigenvalue weighted by Crippen LogP contribution is 2.19. The van der Waals surface area contributed by atoms with Crippen molar-refractivity contribution in [2.75, 3.05) is 13.1 Å². The lowest BCUT2D eigenvalue weighted by atomic mass is 10.1. The summed E-state index contributed by atoms with van der Waals surface area (Å²) in [4.78, 5) is 13.8. The Labute approximate surface area is 99.0 Å². The van der Waals surface area contributed by atoms with Gasteiger partial charge in [-0.25, -0.2) is 4.39 Å². The van der Waals surface area contributed by atoms with Gasteiger partial charge in [0.1, 0.15) is 5.82 Å². The Hall–Kier alpha value is -1.09. The van der Waals surface area contributed by atoms with Crippen LogP contribution in [-0.4, -0.2) is 23.9 Å². The van der Waals surface area contributed by atoms with Crippen molar-refractivity contribution >= 4 is 17.5 Å². The molecule has 16 heavy (non-hydrogen) atoms. The molecular formula is C12H13ClFNO. The summed E-state index contributed by atoms with van der Waals surface area (Å²) >= 11 is 5.65. The molecular weight excluding hydrogens is 229 g/mol. The van der Waals surface area contributed by atoms with E-state index in [9.17, 15) is 9.18 Å². The van der Waals surface area contributed by atoms with Crippen molar-refractivity contribution in [2.45, 2.75) is 19.3 Å². The number of nitrogens with zero attached hydrogens (tertiary/aromatic N) is 1. The van der Waals surface area contributed by atoms with Crippen LogP contribution in [0.1, 0.15) is 29.6 Å². The van der Waals surface area contributed by atoms with E-state index in [4.69, 9.17) is 11.6 Å². The number of piperidine rings is 1. The Kier molecular flexibility index (Phi) is 3.44. The normalized spacial score (nSPS) is 16.2. The molecule has 1 fully saturated rings. The summed E-state index contributed by atoms with van der Waals surface area (Å²) in [7, 11) is 0. The first kappa shape index (κ1) is 11.4. The third kappa shape index (κ3) is 2.35. The number of rotatable bonds is 1. The van der Waals surface area contributed by atoms with Crippen LogP contribution in [0, 0.1) is 5.82 Å². The molecule has 0 bridgehead atoms. The van der Waals surface area contributed by atoms with Gasteiger partial charge in [0.05, 0.1) is 5.02 Å².